The van der Waals surface area contributed by atoms with E-state index >= 15 is 0 Å². The van der Waals surface area contributed by atoms with E-state index in [0.29, 0.717) is 12.0 Å². The van der Waals surface area contributed by atoms with Gasteiger partial charge in [-0.3, -0.25) is 0 Å². The minimum atomic E-state index is 0.556. The number of hydrogen-bond donors (Lipinski definition) is 1. The highest BCUT2D eigenvalue weighted by Crippen LogP contribution is 2.21. The number of rotatable bonds is 10. The van der Waals surface area contributed by atoms with Crippen molar-refractivity contribution in [3.8, 4) is 0 Å². The van der Waals surface area contributed by atoms with Crippen molar-refractivity contribution in [1.82, 2.24) is 5.32 Å². The van der Waals surface area contributed by atoms with E-state index in [2.05, 4.69) is 49.5 Å². The van der Waals surface area contributed by atoms with E-state index in [1.807, 2.05) is 11.8 Å². The summed E-state index contributed by atoms with van der Waals surface area (Å²) in [5.41, 5.74) is 0. The van der Waals surface area contributed by atoms with E-state index in [4.69, 9.17) is 4.74 Å². The van der Waals surface area contributed by atoms with Crippen LogP contribution in [0.2, 0.25) is 0 Å². The maximum absolute atomic E-state index is 5.20. The molecule has 0 amide bonds. The van der Waals surface area contributed by atoms with Gasteiger partial charge in [0.15, 0.2) is 0 Å². The van der Waals surface area contributed by atoms with Crippen LogP contribution < -0.4 is 5.32 Å². The Morgan fingerprint density at radius 1 is 1.26 bits per heavy atom. The Labute approximate surface area is 122 Å². The quantitative estimate of drug-likeness (QED) is 0.659. The van der Waals surface area contributed by atoms with Crippen LogP contribution in [-0.4, -0.2) is 32.1 Å². The SMILES string of the molecule is CCCNC(CSc1ccccc1)C(C)CCOC. The van der Waals surface area contributed by atoms with Gasteiger partial charge < -0.3 is 10.1 Å². The van der Waals surface area contributed by atoms with Crippen LogP contribution in [0.5, 0.6) is 0 Å². The van der Waals surface area contributed by atoms with Crippen LogP contribution in [0.25, 0.3) is 0 Å². The van der Waals surface area contributed by atoms with Gasteiger partial charge in [0, 0.05) is 30.4 Å². The van der Waals surface area contributed by atoms with Gasteiger partial charge in [-0.05, 0) is 37.4 Å². The first-order valence-corrected chi connectivity index (χ1v) is 8.16. The summed E-state index contributed by atoms with van der Waals surface area (Å²) < 4.78 is 5.20. The molecule has 1 N–H and O–H groups in total. The summed E-state index contributed by atoms with van der Waals surface area (Å²) in [6.45, 7) is 6.48. The molecular formula is C16H27NOS. The summed E-state index contributed by atoms with van der Waals surface area (Å²) in [6, 6.07) is 11.2. The normalized spacial score (nSPS) is 14.3. The van der Waals surface area contributed by atoms with Gasteiger partial charge in [0.05, 0.1) is 0 Å². The average Bonchev–Trinajstić information content (AvgIpc) is 2.46. The number of methoxy groups -OCH3 is 1. The molecule has 3 heteroatoms. The lowest BCUT2D eigenvalue weighted by molar-refractivity contribution is 0.172. The molecule has 1 aromatic rings. The standard InChI is InChI=1S/C16H27NOS/c1-4-11-17-16(14(2)10-12-18-3)13-19-15-8-6-5-7-9-15/h5-9,14,16-17H,4,10-13H2,1-3H3. The minimum Gasteiger partial charge on any atom is -0.385 e. The van der Waals surface area contributed by atoms with Crippen molar-refractivity contribution < 1.29 is 4.74 Å². The van der Waals surface area contributed by atoms with Gasteiger partial charge in [0.2, 0.25) is 0 Å². The third-order valence-electron chi connectivity index (χ3n) is 3.29. The van der Waals surface area contributed by atoms with Crippen molar-refractivity contribution in [2.75, 3.05) is 26.0 Å². The maximum atomic E-state index is 5.20. The molecule has 19 heavy (non-hydrogen) atoms. The third-order valence-corrected chi connectivity index (χ3v) is 4.42. The van der Waals surface area contributed by atoms with Crippen molar-refractivity contribution in [1.29, 1.82) is 0 Å². The van der Waals surface area contributed by atoms with Crippen molar-refractivity contribution in [2.24, 2.45) is 5.92 Å². The van der Waals surface area contributed by atoms with E-state index in [9.17, 15) is 0 Å². The number of thioether (sulfide) groups is 1. The molecule has 0 saturated heterocycles. The van der Waals surface area contributed by atoms with Crippen molar-refractivity contribution in [2.45, 2.75) is 37.6 Å². The fraction of sp³-hybridized carbons (Fsp3) is 0.625. The predicted molar refractivity (Wildman–Crippen MR) is 84.9 cm³/mol. The van der Waals surface area contributed by atoms with E-state index < -0.39 is 0 Å². The zero-order chi connectivity index (χ0) is 13.9. The Balaban J connectivity index is 2.44. The van der Waals surface area contributed by atoms with Gasteiger partial charge in [0.25, 0.3) is 0 Å². The van der Waals surface area contributed by atoms with Crippen LogP contribution >= 0.6 is 11.8 Å². The second kappa shape index (κ2) is 10.3. The molecule has 108 valence electrons. The van der Waals surface area contributed by atoms with Crippen molar-refractivity contribution in [3.05, 3.63) is 30.3 Å². The first-order chi connectivity index (χ1) is 9.27. The summed E-state index contributed by atoms with van der Waals surface area (Å²) in [5.74, 6) is 1.76. The first-order valence-electron chi connectivity index (χ1n) is 7.18. The summed E-state index contributed by atoms with van der Waals surface area (Å²) in [4.78, 5) is 1.35. The minimum absolute atomic E-state index is 0.556. The molecular weight excluding hydrogens is 254 g/mol. The van der Waals surface area contributed by atoms with Crippen LogP contribution in [0.3, 0.4) is 0 Å². The molecule has 2 atom stereocenters. The van der Waals surface area contributed by atoms with Crippen LogP contribution in [0, 0.1) is 5.92 Å². The molecule has 2 unspecified atom stereocenters. The molecule has 1 aromatic carbocycles. The number of hydrogen-bond acceptors (Lipinski definition) is 3. The Bertz CT molecular complexity index is 318. The molecule has 0 aliphatic rings. The predicted octanol–water partition coefficient (Wildman–Crippen LogP) is 3.82. The number of ether oxygens (including phenoxy) is 1. The van der Waals surface area contributed by atoms with E-state index in [1.54, 1.807) is 7.11 Å². The Morgan fingerprint density at radius 3 is 2.63 bits per heavy atom. The molecule has 0 saturated carbocycles. The monoisotopic (exact) mass is 281 g/mol. The highest BCUT2D eigenvalue weighted by Gasteiger charge is 2.16. The molecule has 0 aliphatic heterocycles. The third kappa shape index (κ3) is 7.00. The highest BCUT2D eigenvalue weighted by atomic mass is 32.2. The van der Waals surface area contributed by atoms with Gasteiger partial charge >= 0.3 is 0 Å². The Morgan fingerprint density at radius 2 is 2.00 bits per heavy atom. The molecule has 1 rings (SSSR count). The molecule has 0 spiro atoms. The highest BCUT2D eigenvalue weighted by molar-refractivity contribution is 7.99. The molecule has 0 aliphatic carbocycles. The lowest BCUT2D eigenvalue weighted by Crippen LogP contribution is -2.38. The molecule has 0 heterocycles. The molecule has 0 fully saturated rings. The van der Waals surface area contributed by atoms with Gasteiger partial charge in [0.1, 0.15) is 0 Å². The molecule has 2 nitrogen and oxygen atoms in total. The van der Waals surface area contributed by atoms with Crippen LogP contribution in [0.4, 0.5) is 0 Å². The largest absolute Gasteiger partial charge is 0.385 e. The maximum Gasteiger partial charge on any atom is 0.0465 e. The van der Waals surface area contributed by atoms with Crippen LogP contribution in [-0.2, 0) is 4.74 Å². The second-order valence-corrected chi connectivity index (χ2v) is 6.04. The molecule has 0 aromatic heterocycles. The zero-order valence-corrected chi connectivity index (χ0v) is 13.2. The number of nitrogens with one attached hydrogen (secondary N) is 1. The summed E-state index contributed by atoms with van der Waals surface area (Å²) in [5, 5.41) is 3.67. The van der Waals surface area contributed by atoms with Gasteiger partial charge in [-0.2, -0.15) is 0 Å². The van der Waals surface area contributed by atoms with Gasteiger partial charge in [-0.15, -0.1) is 11.8 Å². The smallest absolute Gasteiger partial charge is 0.0465 e. The van der Waals surface area contributed by atoms with E-state index in [1.165, 1.54) is 11.3 Å². The van der Waals surface area contributed by atoms with Gasteiger partial charge in [-0.25, -0.2) is 0 Å². The second-order valence-electron chi connectivity index (χ2n) is 4.94. The van der Waals surface area contributed by atoms with Crippen LogP contribution in [0.1, 0.15) is 26.7 Å². The van der Waals surface area contributed by atoms with Crippen molar-refractivity contribution >= 4 is 11.8 Å². The average molecular weight is 281 g/mol. The molecule has 0 bridgehead atoms. The summed E-state index contributed by atoms with van der Waals surface area (Å²) in [7, 11) is 1.78. The fourth-order valence-corrected chi connectivity index (χ4v) is 3.13. The van der Waals surface area contributed by atoms with Crippen LogP contribution in [0.15, 0.2) is 35.2 Å². The topological polar surface area (TPSA) is 21.3 Å². The van der Waals surface area contributed by atoms with E-state index in [0.717, 1.165) is 25.3 Å². The fourth-order valence-electron chi connectivity index (χ4n) is 1.96. The number of benzene rings is 1. The zero-order valence-electron chi connectivity index (χ0n) is 12.4. The Kier molecular flexibility index (Phi) is 8.97. The first kappa shape index (κ1) is 16.5. The Hall–Kier alpha value is -0.510. The lowest BCUT2D eigenvalue weighted by Gasteiger charge is -2.25. The van der Waals surface area contributed by atoms with E-state index in [-0.39, 0.29) is 0 Å². The molecule has 0 radical (unpaired) electrons. The van der Waals surface area contributed by atoms with Gasteiger partial charge in [-0.1, -0.05) is 32.0 Å². The summed E-state index contributed by atoms with van der Waals surface area (Å²) in [6.07, 6.45) is 2.30. The lowest BCUT2D eigenvalue weighted by atomic mass is 10.00. The van der Waals surface area contributed by atoms with Crippen molar-refractivity contribution in [3.63, 3.8) is 0 Å². The summed E-state index contributed by atoms with van der Waals surface area (Å²) >= 11 is 1.94.